The minimum Gasteiger partial charge on any atom is -0.400 e. The molecule has 0 radical (unpaired) electrons. The van der Waals surface area contributed by atoms with Crippen molar-refractivity contribution in [2.45, 2.75) is 52.1 Å². The Morgan fingerprint density at radius 2 is 1.72 bits per heavy atom. The number of hydrogen-bond acceptors (Lipinski definition) is 6. The first-order chi connectivity index (χ1) is 12.1. The molecule has 1 amide bonds. The van der Waals surface area contributed by atoms with E-state index in [1.807, 2.05) is 20.9 Å². The van der Waals surface area contributed by atoms with Crippen molar-refractivity contribution in [1.29, 1.82) is 0 Å². The number of aliphatic hydroxyl groups excluding tert-OH is 1. The minimum absolute atomic E-state index is 0.0853. The third-order valence-corrected chi connectivity index (χ3v) is 3.76. The van der Waals surface area contributed by atoms with Gasteiger partial charge in [0.1, 0.15) is 6.29 Å². The first-order valence-electron chi connectivity index (χ1n) is 9.24. The summed E-state index contributed by atoms with van der Waals surface area (Å²) in [7, 11) is 6.65. The molecule has 1 heterocycles. The predicted molar refractivity (Wildman–Crippen MR) is 106 cm³/mol. The van der Waals surface area contributed by atoms with E-state index < -0.39 is 0 Å². The highest BCUT2D eigenvalue weighted by molar-refractivity contribution is 5.58. The van der Waals surface area contributed by atoms with Crippen LogP contribution in [0.3, 0.4) is 0 Å². The van der Waals surface area contributed by atoms with Gasteiger partial charge in [-0.3, -0.25) is 9.69 Å². The van der Waals surface area contributed by atoms with Crippen molar-refractivity contribution in [2.24, 2.45) is 0 Å². The van der Waals surface area contributed by atoms with Gasteiger partial charge >= 0.3 is 0 Å². The monoisotopic (exact) mass is 362 g/mol. The van der Waals surface area contributed by atoms with Gasteiger partial charge in [0.25, 0.3) is 0 Å². The third-order valence-electron chi connectivity index (χ3n) is 3.76. The Morgan fingerprint density at radius 3 is 2.12 bits per heavy atom. The first-order valence-corrected chi connectivity index (χ1v) is 9.24. The molecule has 1 rings (SSSR count). The van der Waals surface area contributed by atoms with E-state index in [1.165, 1.54) is 12.8 Å². The highest BCUT2D eigenvalue weighted by Crippen LogP contribution is 2.17. The summed E-state index contributed by atoms with van der Waals surface area (Å²) in [5.41, 5.74) is 0. The summed E-state index contributed by atoms with van der Waals surface area (Å²) in [6.45, 7) is 10.2. The summed E-state index contributed by atoms with van der Waals surface area (Å²) in [5, 5.41) is 12.5. The van der Waals surface area contributed by atoms with E-state index in [4.69, 9.17) is 9.90 Å². The molecule has 2 atom stereocenters. The molecule has 1 saturated heterocycles. The maximum Gasteiger partial charge on any atom is 0.206 e. The van der Waals surface area contributed by atoms with Gasteiger partial charge in [-0.1, -0.05) is 27.2 Å². The number of aliphatic hydroxyl groups is 1. The molecule has 0 aromatic heterocycles. The molecule has 0 spiro atoms. The molecule has 0 bridgehead atoms. The van der Waals surface area contributed by atoms with Gasteiger partial charge in [0.2, 0.25) is 6.41 Å². The van der Waals surface area contributed by atoms with Crippen LogP contribution in [0.25, 0.3) is 0 Å². The molecular formula is C18H42N4O3. The summed E-state index contributed by atoms with van der Waals surface area (Å²) in [6, 6.07) is 0.638. The normalized spacial score (nSPS) is 18.2. The second-order valence-corrected chi connectivity index (χ2v) is 5.44. The Bertz CT molecular complexity index is 281. The summed E-state index contributed by atoms with van der Waals surface area (Å²) in [5.74, 6) is 0. The lowest BCUT2D eigenvalue weighted by Crippen LogP contribution is -2.56. The molecule has 1 aliphatic heterocycles. The van der Waals surface area contributed by atoms with Gasteiger partial charge in [0.15, 0.2) is 0 Å². The number of carbonyl (C=O) groups is 2. The number of piperazine rings is 1. The summed E-state index contributed by atoms with van der Waals surface area (Å²) < 4.78 is 0. The minimum atomic E-state index is 0.0853. The molecule has 0 aliphatic carbocycles. The lowest BCUT2D eigenvalue weighted by Gasteiger charge is -2.42. The summed E-state index contributed by atoms with van der Waals surface area (Å²) >= 11 is 0. The summed E-state index contributed by atoms with van der Waals surface area (Å²) in [6.07, 6.45) is 5.26. The Labute approximate surface area is 155 Å². The molecule has 7 nitrogen and oxygen atoms in total. The van der Waals surface area contributed by atoms with E-state index in [0.717, 1.165) is 46.0 Å². The second kappa shape index (κ2) is 23.0. The Hall–Kier alpha value is -1.02. The van der Waals surface area contributed by atoms with Crippen LogP contribution < -0.4 is 10.6 Å². The van der Waals surface area contributed by atoms with Crippen molar-refractivity contribution >= 4 is 12.7 Å². The van der Waals surface area contributed by atoms with Crippen LogP contribution in [0.4, 0.5) is 0 Å². The molecule has 1 aliphatic rings. The smallest absolute Gasteiger partial charge is 0.206 e. The van der Waals surface area contributed by atoms with Crippen molar-refractivity contribution in [1.82, 2.24) is 20.4 Å². The molecule has 0 aromatic carbocycles. The molecular weight excluding hydrogens is 320 g/mol. The molecule has 7 heteroatoms. The average molecular weight is 363 g/mol. The van der Waals surface area contributed by atoms with E-state index >= 15 is 0 Å². The van der Waals surface area contributed by atoms with Gasteiger partial charge < -0.3 is 25.4 Å². The zero-order chi connectivity index (χ0) is 20.1. The SMILES string of the molecule is CC.CCCC(CCNC)N1CCN(C)CC1C=O.CNC=O.CO. The number of nitrogens with zero attached hydrogens (tertiary/aromatic N) is 2. The largest absolute Gasteiger partial charge is 0.400 e. The van der Waals surface area contributed by atoms with Crippen molar-refractivity contribution in [3.05, 3.63) is 0 Å². The van der Waals surface area contributed by atoms with Crippen molar-refractivity contribution in [2.75, 3.05) is 54.4 Å². The van der Waals surface area contributed by atoms with Gasteiger partial charge in [-0.25, -0.2) is 0 Å². The van der Waals surface area contributed by atoms with Crippen LogP contribution in [0.1, 0.15) is 40.0 Å². The standard InChI is InChI=1S/C13H27N3O.C2H5NO.C2H6.CH4O/c1-4-5-12(6-7-14-2)16-9-8-15(3)10-13(16)11-17;1-3-2-4;2*1-2/h11-14H,4-10H2,1-3H3;2H,1H3,(H,3,4);1-2H3;2H,1H3. The molecule has 2 unspecified atom stereocenters. The maximum atomic E-state index is 11.2. The van der Waals surface area contributed by atoms with Crippen molar-refractivity contribution in [3.63, 3.8) is 0 Å². The highest BCUT2D eigenvalue weighted by Gasteiger charge is 2.29. The third kappa shape index (κ3) is 15.0. The number of aldehydes is 1. The zero-order valence-corrected chi connectivity index (χ0v) is 17.4. The number of likely N-dealkylation sites (N-methyl/N-ethyl adjacent to an activating group) is 1. The average Bonchev–Trinajstić information content (AvgIpc) is 2.68. The lowest BCUT2D eigenvalue weighted by molar-refractivity contribution is -0.115. The van der Waals surface area contributed by atoms with E-state index in [-0.39, 0.29) is 6.04 Å². The topological polar surface area (TPSA) is 84.9 Å². The van der Waals surface area contributed by atoms with Gasteiger partial charge in [-0.05, 0) is 33.5 Å². The molecule has 0 saturated carbocycles. The first kappa shape index (κ1) is 28.8. The predicted octanol–water partition coefficient (Wildman–Crippen LogP) is 0.576. The van der Waals surface area contributed by atoms with Gasteiger partial charge in [-0.2, -0.15) is 0 Å². The van der Waals surface area contributed by atoms with E-state index in [9.17, 15) is 4.79 Å². The van der Waals surface area contributed by atoms with Crippen LogP contribution in [0.5, 0.6) is 0 Å². The molecule has 152 valence electrons. The van der Waals surface area contributed by atoms with Gasteiger partial charge in [-0.15, -0.1) is 0 Å². The quantitative estimate of drug-likeness (QED) is 0.548. The summed E-state index contributed by atoms with van der Waals surface area (Å²) in [4.78, 5) is 24.9. The van der Waals surface area contributed by atoms with Crippen LogP contribution in [0.2, 0.25) is 0 Å². The highest BCUT2D eigenvalue weighted by atomic mass is 16.2. The zero-order valence-electron chi connectivity index (χ0n) is 17.4. The fraction of sp³-hybridized carbons (Fsp3) is 0.889. The Morgan fingerprint density at radius 1 is 1.16 bits per heavy atom. The van der Waals surface area contributed by atoms with Gasteiger partial charge in [0.05, 0.1) is 6.04 Å². The number of nitrogens with one attached hydrogen (secondary N) is 2. The van der Waals surface area contributed by atoms with Crippen LogP contribution in [-0.4, -0.2) is 94.1 Å². The Balaban J connectivity index is -0.000000518. The lowest BCUT2D eigenvalue weighted by atomic mass is 10.0. The van der Waals surface area contributed by atoms with Crippen LogP contribution in [-0.2, 0) is 9.59 Å². The molecule has 3 N–H and O–H groups in total. The van der Waals surface area contributed by atoms with E-state index in [1.54, 1.807) is 7.05 Å². The number of hydrogen-bond donors (Lipinski definition) is 3. The Kier molecular flexibility index (Phi) is 26.4. The van der Waals surface area contributed by atoms with E-state index in [2.05, 4.69) is 34.4 Å². The van der Waals surface area contributed by atoms with Crippen molar-refractivity contribution in [3.8, 4) is 0 Å². The van der Waals surface area contributed by atoms with E-state index in [0.29, 0.717) is 12.5 Å². The molecule has 25 heavy (non-hydrogen) atoms. The molecule has 1 fully saturated rings. The number of rotatable bonds is 8. The second-order valence-electron chi connectivity index (χ2n) is 5.44. The fourth-order valence-electron chi connectivity index (χ4n) is 2.66. The fourth-order valence-corrected chi connectivity index (χ4v) is 2.66. The van der Waals surface area contributed by atoms with Gasteiger partial charge in [0, 0.05) is 39.8 Å². The maximum absolute atomic E-state index is 11.2. The number of carbonyl (C=O) groups excluding carboxylic acids is 2. The van der Waals surface area contributed by atoms with Crippen molar-refractivity contribution < 1.29 is 14.7 Å². The number of amides is 1. The molecule has 0 aromatic rings. The van der Waals surface area contributed by atoms with Crippen LogP contribution in [0.15, 0.2) is 0 Å². The van der Waals surface area contributed by atoms with Crippen LogP contribution >= 0.6 is 0 Å². The van der Waals surface area contributed by atoms with Crippen LogP contribution in [0, 0.1) is 0 Å².